The van der Waals surface area contributed by atoms with E-state index in [1.807, 2.05) is 0 Å². The van der Waals surface area contributed by atoms with Gasteiger partial charge in [-0.3, -0.25) is 0 Å². The highest BCUT2D eigenvalue weighted by molar-refractivity contribution is 6.38. The zero-order valence-corrected chi connectivity index (χ0v) is 10.0. The number of carboxylic acid groups (broad SMARTS) is 1. The number of aromatic nitrogens is 3. The number of hydrogen-bond donors (Lipinski definition) is 3. The van der Waals surface area contributed by atoms with Crippen molar-refractivity contribution in [2.45, 2.75) is 0 Å². The predicted octanol–water partition coefficient (Wildman–Crippen LogP) is 0.859. The molecular formula is C9H5Cl2N3O4. The van der Waals surface area contributed by atoms with E-state index in [0.29, 0.717) is 4.57 Å². The molecule has 3 N–H and O–H groups in total. The number of rotatable bonds is 2. The molecule has 0 unspecified atom stereocenters. The predicted molar refractivity (Wildman–Crippen MR) is 64.0 cm³/mol. The number of nitrogens with one attached hydrogen (secondary N) is 2. The third-order valence-electron chi connectivity index (χ3n) is 2.17. The Morgan fingerprint density at radius 2 is 1.56 bits per heavy atom. The summed E-state index contributed by atoms with van der Waals surface area (Å²) in [6.45, 7) is 0. The Labute approximate surface area is 109 Å². The molecule has 0 saturated heterocycles. The first kappa shape index (κ1) is 12.5. The quantitative estimate of drug-likeness (QED) is 0.762. The van der Waals surface area contributed by atoms with Crippen LogP contribution in [-0.4, -0.2) is 25.8 Å². The van der Waals surface area contributed by atoms with Crippen molar-refractivity contribution in [2.75, 3.05) is 0 Å². The van der Waals surface area contributed by atoms with Gasteiger partial charge in [-0.25, -0.2) is 29.1 Å². The zero-order chi connectivity index (χ0) is 13.4. The zero-order valence-electron chi connectivity index (χ0n) is 8.53. The molecule has 94 valence electrons. The Bertz CT molecular complexity index is 692. The van der Waals surface area contributed by atoms with Gasteiger partial charge in [-0.1, -0.05) is 23.2 Å². The minimum atomic E-state index is -1.22. The summed E-state index contributed by atoms with van der Waals surface area (Å²) < 4.78 is 0.677. The van der Waals surface area contributed by atoms with Crippen molar-refractivity contribution in [1.82, 2.24) is 14.8 Å². The second-order valence-corrected chi connectivity index (χ2v) is 4.10. The SMILES string of the molecule is O=C(O)c1cc(Cl)c(-n2c(=O)[nH][nH]c2=O)c(Cl)c1. The monoisotopic (exact) mass is 289 g/mol. The van der Waals surface area contributed by atoms with Crippen molar-refractivity contribution in [3.8, 4) is 5.69 Å². The van der Waals surface area contributed by atoms with Gasteiger partial charge in [0.1, 0.15) is 0 Å². The van der Waals surface area contributed by atoms with Gasteiger partial charge in [-0.2, -0.15) is 0 Å². The van der Waals surface area contributed by atoms with E-state index in [1.54, 1.807) is 0 Å². The Kier molecular flexibility index (Phi) is 3.02. The molecule has 9 heteroatoms. The van der Waals surface area contributed by atoms with E-state index < -0.39 is 17.3 Å². The van der Waals surface area contributed by atoms with Crippen molar-refractivity contribution in [2.24, 2.45) is 0 Å². The molecule has 0 aliphatic heterocycles. The second-order valence-electron chi connectivity index (χ2n) is 3.29. The molecule has 0 amide bonds. The van der Waals surface area contributed by atoms with Crippen LogP contribution in [0.1, 0.15) is 10.4 Å². The van der Waals surface area contributed by atoms with Crippen LogP contribution in [0, 0.1) is 0 Å². The summed E-state index contributed by atoms with van der Waals surface area (Å²) in [6.07, 6.45) is 0. The molecule has 1 heterocycles. The van der Waals surface area contributed by atoms with Crippen molar-refractivity contribution in [1.29, 1.82) is 0 Å². The Hall–Kier alpha value is -1.99. The van der Waals surface area contributed by atoms with E-state index >= 15 is 0 Å². The first-order valence-electron chi connectivity index (χ1n) is 4.54. The van der Waals surface area contributed by atoms with Crippen molar-refractivity contribution in [3.05, 3.63) is 48.7 Å². The highest BCUT2D eigenvalue weighted by atomic mass is 35.5. The van der Waals surface area contributed by atoms with Crippen molar-refractivity contribution in [3.63, 3.8) is 0 Å². The number of benzene rings is 1. The fourth-order valence-corrected chi connectivity index (χ4v) is 2.07. The first-order valence-corrected chi connectivity index (χ1v) is 5.30. The number of H-pyrrole nitrogens is 2. The van der Waals surface area contributed by atoms with Crippen molar-refractivity contribution >= 4 is 29.2 Å². The van der Waals surface area contributed by atoms with Crippen LogP contribution in [0.15, 0.2) is 21.7 Å². The molecule has 0 aliphatic rings. The Morgan fingerprint density at radius 1 is 1.11 bits per heavy atom. The summed E-state index contributed by atoms with van der Waals surface area (Å²) >= 11 is 11.7. The van der Waals surface area contributed by atoms with Crippen LogP contribution in [0.2, 0.25) is 10.0 Å². The standard InChI is InChI=1S/C9H5Cl2N3O4/c10-4-1-3(7(15)16)2-5(11)6(4)14-8(17)12-13-9(14)18/h1-2H,(H,12,17)(H,13,18)(H,15,16). The molecule has 0 spiro atoms. The van der Waals surface area contributed by atoms with Gasteiger partial charge in [0, 0.05) is 0 Å². The number of nitrogens with zero attached hydrogens (tertiary/aromatic N) is 1. The average molecular weight is 290 g/mol. The number of aromatic carboxylic acids is 1. The Balaban J connectivity index is 2.78. The van der Waals surface area contributed by atoms with Crippen LogP contribution in [0.3, 0.4) is 0 Å². The lowest BCUT2D eigenvalue weighted by molar-refractivity contribution is 0.0697. The van der Waals surface area contributed by atoms with Crippen LogP contribution >= 0.6 is 23.2 Å². The van der Waals surface area contributed by atoms with Crippen LogP contribution < -0.4 is 11.4 Å². The molecule has 1 aromatic heterocycles. The van der Waals surface area contributed by atoms with Gasteiger partial charge < -0.3 is 5.11 Å². The molecule has 0 atom stereocenters. The number of aromatic amines is 2. The lowest BCUT2D eigenvalue weighted by Gasteiger charge is -2.06. The summed E-state index contributed by atoms with van der Waals surface area (Å²) in [4.78, 5) is 33.6. The van der Waals surface area contributed by atoms with Gasteiger partial charge in [0.25, 0.3) is 0 Å². The maximum Gasteiger partial charge on any atom is 0.349 e. The van der Waals surface area contributed by atoms with E-state index in [-0.39, 0.29) is 21.3 Å². The third-order valence-corrected chi connectivity index (χ3v) is 2.75. The maximum absolute atomic E-state index is 11.4. The van der Waals surface area contributed by atoms with Crippen LogP contribution in [0.25, 0.3) is 5.69 Å². The fraction of sp³-hybridized carbons (Fsp3) is 0. The lowest BCUT2D eigenvalue weighted by atomic mass is 10.2. The van der Waals surface area contributed by atoms with Gasteiger partial charge in [0.2, 0.25) is 0 Å². The molecular weight excluding hydrogens is 285 g/mol. The normalized spacial score (nSPS) is 10.6. The summed E-state index contributed by atoms with van der Waals surface area (Å²) in [5, 5.41) is 12.7. The number of halogens is 2. The summed E-state index contributed by atoms with van der Waals surface area (Å²) in [6, 6.07) is 2.20. The molecule has 0 bridgehead atoms. The highest BCUT2D eigenvalue weighted by Crippen LogP contribution is 2.28. The molecule has 0 fully saturated rings. The van der Waals surface area contributed by atoms with Gasteiger partial charge in [0.05, 0.1) is 21.3 Å². The smallest absolute Gasteiger partial charge is 0.349 e. The molecule has 2 rings (SSSR count). The second kappa shape index (κ2) is 4.35. The lowest BCUT2D eigenvalue weighted by Crippen LogP contribution is -2.25. The molecule has 0 saturated carbocycles. The van der Waals surface area contributed by atoms with Gasteiger partial charge in [-0.05, 0) is 12.1 Å². The minimum absolute atomic E-state index is 0.0733. The molecule has 1 aromatic carbocycles. The average Bonchev–Trinajstić information content (AvgIpc) is 2.59. The number of carbonyl (C=O) groups is 1. The van der Waals surface area contributed by atoms with Gasteiger partial charge >= 0.3 is 17.3 Å². The van der Waals surface area contributed by atoms with E-state index in [2.05, 4.69) is 10.2 Å². The van der Waals surface area contributed by atoms with Crippen LogP contribution in [-0.2, 0) is 0 Å². The third kappa shape index (κ3) is 1.93. The van der Waals surface area contributed by atoms with Crippen LogP contribution in [0.4, 0.5) is 0 Å². The van der Waals surface area contributed by atoms with E-state index in [1.165, 1.54) is 0 Å². The number of hydrogen-bond acceptors (Lipinski definition) is 3. The summed E-state index contributed by atoms with van der Waals surface area (Å²) in [7, 11) is 0. The van der Waals surface area contributed by atoms with E-state index in [4.69, 9.17) is 28.3 Å². The topological polar surface area (TPSA) is 108 Å². The van der Waals surface area contributed by atoms with E-state index in [0.717, 1.165) is 12.1 Å². The molecule has 0 radical (unpaired) electrons. The molecule has 2 aromatic rings. The van der Waals surface area contributed by atoms with Gasteiger partial charge in [0.15, 0.2) is 0 Å². The molecule has 18 heavy (non-hydrogen) atoms. The summed E-state index contributed by atoms with van der Waals surface area (Å²) in [5.41, 5.74) is -1.73. The summed E-state index contributed by atoms with van der Waals surface area (Å²) in [5.74, 6) is -1.22. The highest BCUT2D eigenvalue weighted by Gasteiger charge is 2.17. The molecule has 0 aliphatic carbocycles. The van der Waals surface area contributed by atoms with Crippen molar-refractivity contribution < 1.29 is 9.90 Å². The first-order chi connectivity index (χ1) is 8.41. The molecule has 7 nitrogen and oxygen atoms in total. The fourth-order valence-electron chi connectivity index (χ4n) is 1.42. The van der Waals surface area contributed by atoms with E-state index in [9.17, 15) is 14.4 Å². The number of carboxylic acids is 1. The maximum atomic E-state index is 11.4. The van der Waals surface area contributed by atoms with Gasteiger partial charge in [-0.15, -0.1) is 0 Å². The van der Waals surface area contributed by atoms with Crippen LogP contribution in [0.5, 0.6) is 0 Å². The minimum Gasteiger partial charge on any atom is -0.478 e. The largest absolute Gasteiger partial charge is 0.478 e. The Morgan fingerprint density at radius 3 is 1.94 bits per heavy atom.